The lowest BCUT2D eigenvalue weighted by Crippen LogP contribution is -2.19. The van der Waals surface area contributed by atoms with Crippen molar-refractivity contribution >= 4 is 5.97 Å². The quantitative estimate of drug-likeness (QED) is 0.538. The Morgan fingerprint density at radius 2 is 1.57 bits per heavy atom. The first-order valence-corrected chi connectivity index (χ1v) is 5.43. The van der Waals surface area contributed by atoms with Gasteiger partial charge < -0.3 is 9.63 Å². The molecule has 1 atom stereocenters. The maximum atomic E-state index is 13.7. The standard InChI is InChI=1S/C12H6F5NO3/c1-3-2-4(21-18-3)5(12(19)20)6-7(13)9(15)11(17)10(16)8(6)14/h2,5H,1H3,(H,19,20). The second-order valence-electron chi connectivity index (χ2n) is 4.13. The molecule has 1 aromatic carbocycles. The molecule has 0 saturated heterocycles. The number of carboxylic acids is 1. The molecule has 0 bridgehead atoms. The predicted molar refractivity (Wildman–Crippen MR) is 57.0 cm³/mol. The second-order valence-corrected chi connectivity index (χ2v) is 4.13. The lowest BCUT2D eigenvalue weighted by Gasteiger charge is -2.13. The topological polar surface area (TPSA) is 63.3 Å². The van der Waals surface area contributed by atoms with Crippen molar-refractivity contribution in [3.8, 4) is 0 Å². The van der Waals surface area contributed by atoms with Gasteiger partial charge in [0.1, 0.15) is 5.92 Å². The monoisotopic (exact) mass is 307 g/mol. The first-order valence-electron chi connectivity index (χ1n) is 5.43. The van der Waals surface area contributed by atoms with Gasteiger partial charge in [0.05, 0.1) is 11.3 Å². The summed E-state index contributed by atoms with van der Waals surface area (Å²) in [4.78, 5) is 11.2. The fourth-order valence-corrected chi connectivity index (χ4v) is 1.78. The van der Waals surface area contributed by atoms with Gasteiger partial charge in [0.15, 0.2) is 29.0 Å². The minimum atomic E-state index is -2.37. The SMILES string of the molecule is Cc1cc(C(C(=O)O)c2c(F)c(F)c(F)c(F)c2F)on1. The van der Waals surface area contributed by atoms with Crippen LogP contribution >= 0.6 is 0 Å². The van der Waals surface area contributed by atoms with E-state index in [-0.39, 0.29) is 5.69 Å². The molecule has 1 aromatic heterocycles. The van der Waals surface area contributed by atoms with Gasteiger partial charge in [0.25, 0.3) is 0 Å². The minimum absolute atomic E-state index is 0.181. The van der Waals surface area contributed by atoms with Crippen LogP contribution in [0.4, 0.5) is 22.0 Å². The Morgan fingerprint density at radius 3 is 1.95 bits per heavy atom. The number of carbonyl (C=O) groups is 1. The molecule has 0 amide bonds. The zero-order chi connectivity index (χ0) is 15.9. The highest BCUT2D eigenvalue weighted by atomic mass is 19.2. The van der Waals surface area contributed by atoms with Crippen molar-refractivity contribution in [2.75, 3.05) is 0 Å². The smallest absolute Gasteiger partial charge is 0.319 e. The maximum absolute atomic E-state index is 13.7. The van der Waals surface area contributed by atoms with Gasteiger partial charge in [-0.2, -0.15) is 0 Å². The van der Waals surface area contributed by atoms with Crippen LogP contribution in [0.15, 0.2) is 10.6 Å². The van der Waals surface area contributed by atoms with Crippen molar-refractivity contribution in [2.24, 2.45) is 0 Å². The summed E-state index contributed by atoms with van der Waals surface area (Å²) in [5.74, 6) is -15.9. The van der Waals surface area contributed by atoms with E-state index in [1.54, 1.807) is 0 Å². The van der Waals surface area contributed by atoms with Crippen LogP contribution in [0.2, 0.25) is 0 Å². The van der Waals surface area contributed by atoms with Gasteiger partial charge in [-0.05, 0) is 6.92 Å². The number of benzene rings is 1. The Morgan fingerprint density at radius 1 is 1.10 bits per heavy atom. The van der Waals surface area contributed by atoms with Crippen molar-refractivity contribution in [2.45, 2.75) is 12.8 Å². The van der Waals surface area contributed by atoms with E-state index in [9.17, 15) is 26.7 Å². The van der Waals surface area contributed by atoms with Crippen LogP contribution in [-0.4, -0.2) is 16.2 Å². The molecule has 0 radical (unpaired) electrons. The first-order chi connectivity index (χ1) is 9.75. The van der Waals surface area contributed by atoms with E-state index in [0.29, 0.717) is 0 Å². The number of rotatable bonds is 3. The summed E-state index contributed by atoms with van der Waals surface area (Å²) >= 11 is 0. The summed E-state index contributed by atoms with van der Waals surface area (Å²) < 4.78 is 71.1. The molecule has 0 aliphatic carbocycles. The fraction of sp³-hybridized carbons (Fsp3) is 0.167. The van der Waals surface area contributed by atoms with Crippen LogP contribution in [0.1, 0.15) is 22.9 Å². The summed E-state index contributed by atoms with van der Waals surface area (Å²) in [6, 6.07) is 1.02. The third-order valence-electron chi connectivity index (χ3n) is 2.71. The van der Waals surface area contributed by atoms with Gasteiger partial charge >= 0.3 is 5.97 Å². The van der Waals surface area contributed by atoms with Gasteiger partial charge in [-0.3, -0.25) is 4.79 Å². The maximum Gasteiger partial charge on any atom is 0.319 e. The van der Waals surface area contributed by atoms with E-state index in [4.69, 9.17) is 5.11 Å². The molecule has 0 aliphatic heterocycles. The summed E-state index contributed by atoms with van der Waals surface area (Å²) in [5.41, 5.74) is -1.32. The number of aliphatic carboxylic acids is 1. The highest BCUT2D eigenvalue weighted by Crippen LogP contribution is 2.33. The van der Waals surface area contributed by atoms with Crippen LogP contribution in [-0.2, 0) is 4.79 Å². The predicted octanol–water partition coefficient (Wildman–Crippen LogP) is 2.90. The average molecular weight is 307 g/mol. The zero-order valence-electron chi connectivity index (χ0n) is 10.3. The number of nitrogens with zero attached hydrogens (tertiary/aromatic N) is 1. The first kappa shape index (κ1) is 14.9. The van der Waals surface area contributed by atoms with Crippen LogP contribution in [0, 0.1) is 36.0 Å². The van der Waals surface area contributed by atoms with Crippen molar-refractivity contribution < 1.29 is 36.4 Å². The van der Waals surface area contributed by atoms with Crippen LogP contribution in [0.5, 0.6) is 0 Å². The molecule has 2 rings (SSSR count). The van der Waals surface area contributed by atoms with Crippen LogP contribution in [0.3, 0.4) is 0 Å². The molecule has 1 N–H and O–H groups in total. The van der Waals surface area contributed by atoms with E-state index in [0.717, 1.165) is 6.07 Å². The van der Waals surface area contributed by atoms with Crippen molar-refractivity contribution in [1.29, 1.82) is 0 Å². The molecular formula is C12H6F5NO3. The molecule has 112 valence electrons. The minimum Gasteiger partial charge on any atom is -0.480 e. The molecule has 21 heavy (non-hydrogen) atoms. The molecule has 0 fully saturated rings. The molecule has 1 unspecified atom stereocenters. The summed E-state index contributed by atoms with van der Waals surface area (Å²) in [6.45, 7) is 1.39. The molecule has 1 heterocycles. The van der Waals surface area contributed by atoms with Gasteiger partial charge in [0, 0.05) is 6.07 Å². The number of halogens is 5. The molecule has 0 aliphatic rings. The Kier molecular flexibility index (Phi) is 3.67. The number of hydrogen-bond acceptors (Lipinski definition) is 3. The molecule has 0 spiro atoms. The van der Waals surface area contributed by atoms with Crippen molar-refractivity contribution in [1.82, 2.24) is 5.16 Å². The second kappa shape index (κ2) is 5.15. The van der Waals surface area contributed by atoms with Crippen molar-refractivity contribution in [3.05, 3.63) is 52.2 Å². The molecule has 0 saturated carbocycles. The number of carboxylic acid groups (broad SMARTS) is 1. The van der Waals surface area contributed by atoms with E-state index in [1.807, 2.05) is 0 Å². The third-order valence-corrected chi connectivity index (χ3v) is 2.71. The number of aryl methyl sites for hydroxylation is 1. The van der Waals surface area contributed by atoms with E-state index in [2.05, 4.69) is 9.68 Å². The summed E-state index contributed by atoms with van der Waals surface area (Å²) in [5, 5.41) is 12.4. The number of aromatic nitrogens is 1. The summed E-state index contributed by atoms with van der Waals surface area (Å²) in [6.07, 6.45) is 0. The van der Waals surface area contributed by atoms with Gasteiger partial charge in [-0.1, -0.05) is 5.16 Å². The largest absolute Gasteiger partial charge is 0.480 e. The van der Waals surface area contributed by atoms with Gasteiger partial charge in [-0.15, -0.1) is 0 Å². The van der Waals surface area contributed by atoms with E-state index in [1.165, 1.54) is 6.92 Å². The van der Waals surface area contributed by atoms with Crippen LogP contribution in [0.25, 0.3) is 0 Å². The van der Waals surface area contributed by atoms with Gasteiger partial charge in [-0.25, -0.2) is 22.0 Å². The third kappa shape index (κ3) is 2.34. The zero-order valence-corrected chi connectivity index (χ0v) is 10.3. The number of hydrogen-bond donors (Lipinski definition) is 1. The van der Waals surface area contributed by atoms with Crippen molar-refractivity contribution in [3.63, 3.8) is 0 Å². The molecule has 2 aromatic rings. The molecular weight excluding hydrogens is 301 g/mol. The van der Waals surface area contributed by atoms with E-state index >= 15 is 0 Å². The summed E-state index contributed by atoms with van der Waals surface area (Å²) in [7, 11) is 0. The Balaban J connectivity index is 2.76. The van der Waals surface area contributed by atoms with Gasteiger partial charge in [0.2, 0.25) is 5.82 Å². The highest BCUT2D eigenvalue weighted by molar-refractivity contribution is 5.79. The average Bonchev–Trinajstić information content (AvgIpc) is 2.84. The Bertz CT molecular complexity index is 699. The highest BCUT2D eigenvalue weighted by Gasteiger charge is 2.37. The normalized spacial score (nSPS) is 12.5. The fourth-order valence-electron chi connectivity index (χ4n) is 1.78. The molecule has 9 heteroatoms. The Hall–Kier alpha value is -2.45. The van der Waals surface area contributed by atoms with Crippen LogP contribution < -0.4 is 0 Å². The lowest BCUT2D eigenvalue weighted by atomic mass is 9.94. The van der Waals surface area contributed by atoms with E-state index < -0.39 is 52.3 Å². The lowest BCUT2D eigenvalue weighted by molar-refractivity contribution is -0.138. The molecule has 4 nitrogen and oxygen atoms in total. The Labute approximate surface area is 113 Å².